The molecule has 2 rings (SSSR count). The molecule has 0 aliphatic rings. The molecule has 1 atom stereocenters. The van der Waals surface area contributed by atoms with Crippen molar-refractivity contribution in [2.24, 2.45) is 4.99 Å². The van der Waals surface area contributed by atoms with Crippen LogP contribution in [0, 0.1) is 12.7 Å². The highest BCUT2D eigenvalue weighted by Crippen LogP contribution is 2.16. The fourth-order valence-corrected chi connectivity index (χ4v) is 2.34. The quantitative estimate of drug-likeness (QED) is 0.231. The van der Waals surface area contributed by atoms with Crippen molar-refractivity contribution in [3.8, 4) is 5.75 Å². The van der Waals surface area contributed by atoms with Crippen LogP contribution in [0.1, 0.15) is 24.2 Å². The van der Waals surface area contributed by atoms with Gasteiger partial charge in [0.05, 0.1) is 13.1 Å². The number of hydrogen-bond acceptors (Lipinski definition) is 3. The molecule has 0 aliphatic heterocycles. The second-order valence-electron chi connectivity index (χ2n) is 5.85. The number of nitrogens with one attached hydrogen (secondary N) is 2. The molecule has 5 nitrogen and oxygen atoms in total. The molecule has 27 heavy (non-hydrogen) atoms. The summed E-state index contributed by atoms with van der Waals surface area (Å²) in [5.74, 6) is 0.935. The molecule has 0 radical (unpaired) electrons. The van der Waals surface area contributed by atoms with Gasteiger partial charge in [0, 0.05) is 12.1 Å². The number of halogens is 2. The average Bonchev–Trinajstić information content (AvgIpc) is 2.64. The van der Waals surface area contributed by atoms with Gasteiger partial charge in [0.15, 0.2) is 5.96 Å². The van der Waals surface area contributed by atoms with E-state index in [2.05, 4.69) is 15.6 Å². The Kier molecular flexibility index (Phi) is 10.7. The highest BCUT2D eigenvalue weighted by atomic mass is 127. The predicted octanol–water partition coefficient (Wildman–Crippen LogP) is 3.42. The summed E-state index contributed by atoms with van der Waals surface area (Å²) in [7, 11) is 0. The number of guanidine groups is 1. The largest absolute Gasteiger partial charge is 0.492 e. The second kappa shape index (κ2) is 12.5. The summed E-state index contributed by atoms with van der Waals surface area (Å²) in [5.41, 5.74) is 1.43. The van der Waals surface area contributed by atoms with Gasteiger partial charge in [-0.2, -0.15) is 0 Å². The molecule has 0 aliphatic carbocycles. The van der Waals surface area contributed by atoms with Crippen molar-refractivity contribution < 1.29 is 14.2 Å². The Morgan fingerprint density at radius 3 is 2.52 bits per heavy atom. The predicted molar refractivity (Wildman–Crippen MR) is 117 cm³/mol. The van der Waals surface area contributed by atoms with Crippen LogP contribution in [0.15, 0.2) is 53.5 Å². The van der Waals surface area contributed by atoms with Gasteiger partial charge in [0.1, 0.15) is 24.3 Å². The Labute approximate surface area is 177 Å². The Bertz CT molecular complexity index is 711. The van der Waals surface area contributed by atoms with Crippen LogP contribution in [-0.2, 0) is 0 Å². The van der Waals surface area contributed by atoms with E-state index >= 15 is 0 Å². The number of aliphatic hydroxyl groups excluding tert-OH is 1. The van der Waals surface area contributed by atoms with Crippen LogP contribution in [0.3, 0.4) is 0 Å². The van der Waals surface area contributed by atoms with E-state index in [0.717, 1.165) is 5.75 Å². The first-order valence-corrected chi connectivity index (χ1v) is 8.74. The fourth-order valence-electron chi connectivity index (χ4n) is 2.34. The van der Waals surface area contributed by atoms with Crippen molar-refractivity contribution in [1.82, 2.24) is 10.6 Å². The highest BCUT2D eigenvalue weighted by Gasteiger charge is 2.11. The number of rotatable bonds is 8. The van der Waals surface area contributed by atoms with Crippen molar-refractivity contribution in [2.45, 2.75) is 20.0 Å². The smallest absolute Gasteiger partial charge is 0.191 e. The summed E-state index contributed by atoms with van der Waals surface area (Å²) in [4.78, 5) is 4.31. The Morgan fingerprint density at radius 2 is 1.85 bits per heavy atom. The first-order chi connectivity index (χ1) is 12.6. The molecule has 2 aromatic rings. The third-order valence-corrected chi connectivity index (χ3v) is 3.71. The van der Waals surface area contributed by atoms with Gasteiger partial charge in [-0.05, 0) is 32.0 Å². The summed E-state index contributed by atoms with van der Waals surface area (Å²) in [6.45, 7) is 5.75. The van der Waals surface area contributed by atoms with Crippen LogP contribution in [-0.4, -0.2) is 37.3 Å². The fraction of sp³-hybridized carbons (Fsp3) is 0.350. The van der Waals surface area contributed by atoms with E-state index in [9.17, 15) is 9.50 Å². The van der Waals surface area contributed by atoms with Crippen molar-refractivity contribution in [3.05, 3.63) is 65.5 Å². The number of aliphatic imine (C=N–C) groups is 1. The molecular weight excluding hydrogens is 460 g/mol. The lowest BCUT2D eigenvalue weighted by Crippen LogP contribution is -2.39. The van der Waals surface area contributed by atoms with E-state index in [1.54, 1.807) is 18.2 Å². The third kappa shape index (κ3) is 8.13. The van der Waals surface area contributed by atoms with Gasteiger partial charge < -0.3 is 20.5 Å². The Morgan fingerprint density at radius 1 is 1.15 bits per heavy atom. The third-order valence-electron chi connectivity index (χ3n) is 3.71. The van der Waals surface area contributed by atoms with Gasteiger partial charge in [-0.25, -0.2) is 4.39 Å². The monoisotopic (exact) mass is 487 g/mol. The number of nitrogens with zero attached hydrogens (tertiary/aromatic N) is 1. The molecule has 0 saturated heterocycles. The van der Waals surface area contributed by atoms with Gasteiger partial charge in [0.2, 0.25) is 0 Å². The maximum absolute atomic E-state index is 13.7. The van der Waals surface area contributed by atoms with Crippen LogP contribution in [0.5, 0.6) is 5.75 Å². The number of aryl methyl sites for hydroxylation is 1. The van der Waals surface area contributed by atoms with Gasteiger partial charge in [0.25, 0.3) is 0 Å². The van der Waals surface area contributed by atoms with E-state index in [4.69, 9.17) is 4.74 Å². The summed E-state index contributed by atoms with van der Waals surface area (Å²) in [5, 5.41) is 16.4. The minimum absolute atomic E-state index is 0. The molecule has 1 unspecified atom stereocenters. The van der Waals surface area contributed by atoms with Crippen LogP contribution < -0.4 is 15.4 Å². The van der Waals surface area contributed by atoms with Gasteiger partial charge >= 0.3 is 0 Å². The van der Waals surface area contributed by atoms with Gasteiger partial charge in [-0.1, -0.05) is 35.9 Å². The zero-order valence-corrected chi connectivity index (χ0v) is 17.9. The number of ether oxygens (including phenoxy) is 1. The second-order valence-corrected chi connectivity index (χ2v) is 5.85. The lowest BCUT2D eigenvalue weighted by Gasteiger charge is -2.14. The minimum Gasteiger partial charge on any atom is -0.492 e. The van der Waals surface area contributed by atoms with Gasteiger partial charge in [-0.3, -0.25) is 4.99 Å². The number of aliphatic hydroxyl groups is 1. The van der Waals surface area contributed by atoms with E-state index < -0.39 is 11.9 Å². The first-order valence-electron chi connectivity index (χ1n) is 8.74. The molecule has 3 N–H and O–H groups in total. The average molecular weight is 487 g/mol. The molecule has 0 amide bonds. The van der Waals surface area contributed by atoms with Crippen molar-refractivity contribution in [1.29, 1.82) is 0 Å². The topological polar surface area (TPSA) is 65.9 Å². The molecule has 0 spiro atoms. The molecular formula is C20H27FIN3O2. The van der Waals surface area contributed by atoms with Crippen molar-refractivity contribution >= 4 is 29.9 Å². The Balaban J connectivity index is 0.00000364. The van der Waals surface area contributed by atoms with E-state index in [1.807, 2.05) is 38.1 Å². The molecule has 0 bridgehead atoms. The molecule has 0 aromatic heterocycles. The molecule has 2 aromatic carbocycles. The van der Waals surface area contributed by atoms with Gasteiger partial charge in [-0.15, -0.1) is 24.0 Å². The summed E-state index contributed by atoms with van der Waals surface area (Å²) in [6, 6.07) is 14.0. The SMILES string of the molecule is CCNC(=NCC(O)c1ccccc1F)NCCOc1ccc(C)cc1.I. The maximum Gasteiger partial charge on any atom is 0.191 e. The van der Waals surface area contributed by atoms with E-state index in [-0.39, 0.29) is 36.1 Å². The standard InChI is InChI=1S/C20H26FN3O2.HI/c1-3-22-20(23-12-13-26-16-10-8-15(2)9-11-16)24-14-19(25)17-6-4-5-7-18(17)21;/h4-11,19,25H,3,12-14H2,1-2H3,(H2,22,23,24);1H. The summed E-state index contributed by atoms with van der Waals surface area (Å²) < 4.78 is 19.3. The number of hydrogen-bond donors (Lipinski definition) is 3. The molecule has 0 fully saturated rings. The lowest BCUT2D eigenvalue weighted by molar-refractivity contribution is 0.182. The van der Waals surface area contributed by atoms with Crippen LogP contribution in [0.4, 0.5) is 4.39 Å². The number of benzene rings is 2. The molecule has 0 saturated carbocycles. The zero-order valence-electron chi connectivity index (χ0n) is 15.6. The van der Waals surface area contributed by atoms with Crippen molar-refractivity contribution in [3.63, 3.8) is 0 Å². The van der Waals surface area contributed by atoms with Crippen LogP contribution in [0.25, 0.3) is 0 Å². The summed E-state index contributed by atoms with van der Waals surface area (Å²) in [6.07, 6.45) is -0.990. The normalized spacial score (nSPS) is 12.1. The van der Waals surface area contributed by atoms with Crippen LogP contribution >= 0.6 is 24.0 Å². The van der Waals surface area contributed by atoms with E-state index in [1.165, 1.54) is 11.6 Å². The Hall–Kier alpha value is -1.87. The molecule has 148 valence electrons. The van der Waals surface area contributed by atoms with E-state index in [0.29, 0.717) is 25.7 Å². The highest BCUT2D eigenvalue weighted by molar-refractivity contribution is 14.0. The minimum atomic E-state index is -0.990. The molecule has 7 heteroatoms. The lowest BCUT2D eigenvalue weighted by atomic mass is 10.1. The first kappa shape index (κ1) is 23.2. The molecule has 0 heterocycles. The zero-order chi connectivity index (χ0) is 18.8. The van der Waals surface area contributed by atoms with Crippen LogP contribution in [0.2, 0.25) is 0 Å². The maximum atomic E-state index is 13.7. The van der Waals surface area contributed by atoms with Crippen molar-refractivity contribution in [2.75, 3.05) is 26.2 Å². The summed E-state index contributed by atoms with van der Waals surface area (Å²) >= 11 is 0.